The molecule has 1 aliphatic carbocycles. The van der Waals surface area contributed by atoms with Gasteiger partial charge >= 0.3 is 0 Å². The number of carbonyl (C=O) groups excluding carboxylic acids is 2. The minimum atomic E-state index is -0.422. The number of hydrogen-bond donors (Lipinski definition) is 3. The molecule has 2 amide bonds. The van der Waals surface area contributed by atoms with Gasteiger partial charge in [0.1, 0.15) is 5.75 Å². The number of hydrogen-bond acceptors (Lipinski definition) is 4. The molecule has 3 N–H and O–H groups in total. The van der Waals surface area contributed by atoms with Crippen molar-refractivity contribution in [3.05, 3.63) is 29.3 Å². The minimum Gasteiger partial charge on any atom is -0.484 e. The molecule has 0 bridgehead atoms. The molecule has 0 unspecified atom stereocenters. The van der Waals surface area contributed by atoms with Crippen molar-refractivity contribution in [2.45, 2.75) is 51.0 Å². The minimum absolute atomic E-state index is 0.183. The molecule has 0 radical (unpaired) electrons. The number of nitrogens with one attached hydrogen (secondary N) is 3. The van der Waals surface area contributed by atoms with Crippen molar-refractivity contribution in [1.29, 1.82) is 0 Å². The first kappa shape index (κ1) is 19.5. The Labute approximate surface area is 153 Å². The summed E-state index contributed by atoms with van der Waals surface area (Å²) in [6.07, 6.45) is 8.48. The highest BCUT2D eigenvalue weighted by Crippen LogP contribution is 2.17. The fraction of sp³-hybridized carbons (Fsp3) is 0.556. The number of amides is 2. The summed E-state index contributed by atoms with van der Waals surface area (Å²) in [4.78, 5) is 23.5. The molecule has 1 aromatic carbocycles. The van der Waals surface area contributed by atoms with Gasteiger partial charge in [0.25, 0.3) is 11.8 Å². The molecule has 0 aliphatic heterocycles. The second kappa shape index (κ2) is 10.9. The zero-order valence-corrected chi connectivity index (χ0v) is 15.1. The second-order valence-corrected chi connectivity index (χ2v) is 6.70. The van der Waals surface area contributed by atoms with Crippen LogP contribution in [0.5, 0.6) is 5.75 Å². The van der Waals surface area contributed by atoms with Gasteiger partial charge in [0, 0.05) is 11.1 Å². The summed E-state index contributed by atoms with van der Waals surface area (Å²) in [5.74, 6) is -0.145. The molecule has 2 rings (SSSR count). The van der Waals surface area contributed by atoms with Crippen LogP contribution in [0.2, 0.25) is 5.02 Å². The maximum Gasteiger partial charge on any atom is 0.276 e. The van der Waals surface area contributed by atoms with Crippen LogP contribution in [0.4, 0.5) is 0 Å². The van der Waals surface area contributed by atoms with Gasteiger partial charge in [0.05, 0.1) is 6.54 Å². The maximum absolute atomic E-state index is 11.8. The molecule has 0 aromatic heterocycles. The molecule has 7 heteroatoms. The van der Waals surface area contributed by atoms with E-state index in [-0.39, 0.29) is 19.1 Å². The first-order chi connectivity index (χ1) is 12.1. The topological polar surface area (TPSA) is 79.5 Å². The van der Waals surface area contributed by atoms with Crippen molar-refractivity contribution in [1.82, 2.24) is 16.2 Å². The molecule has 138 valence electrons. The largest absolute Gasteiger partial charge is 0.484 e. The predicted molar refractivity (Wildman–Crippen MR) is 97.3 cm³/mol. The van der Waals surface area contributed by atoms with E-state index in [0.717, 1.165) is 12.8 Å². The smallest absolute Gasteiger partial charge is 0.276 e. The Kier molecular flexibility index (Phi) is 8.55. The van der Waals surface area contributed by atoms with E-state index in [1.54, 1.807) is 24.3 Å². The molecule has 6 nitrogen and oxygen atoms in total. The van der Waals surface area contributed by atoms with Crippen LogP contribution in [0.1, 0.15) is 44.9 Å². The zero-order chi connectivity index (χ0) is 17.9. The summed E-state index contributed by atoms with van der Waals surface area (Å²) in [6.45, 7) is 0.0148. The zero-order valence-electron chi connectivity index (χ0n) is 14.4. The van der Waals surface area contributed by atoms with Crippen molar-refractivity contribution in [2.24, 2.45) is 0 Å². The Morgan fingerprint density at radius 3 is 2.24 bits per heavy atom. The Hall–Kier alpha value is -1.79. The van der Waals surface area contributed by atoms with Gasteiger partial charge in [-0.1, -0.05) is 43.7 Å². The van der Waals surface area contributed by atoms with Crippen molar-refractivity contribution in [2.75, 3.05) is 13.2 Å². The summed E-state index contributed by atoms with van der Waals surface area (Å²) in [6, 6.07) is 7.09. The summed E-state index contributed by atoms with van der Waals surface area (Å²) < 4.78 is 5.30. The molecule has 0 saturated heterocycles. The Bertz CT molecular complexity index is 543. The van der Waals surface area contributed by atoms with Gasteiger partial charge in [-0.25, -0.2) is 0 Å². The Morgan fingerprint density at radius 1 is 0.960 bits per heavy atom. The number of benzene rings is 1. The van der Waals surface area contributed by atoms with Crippen LogP contribution in [0.3, 0.4) is 0 Å². The van der Waals surface area contributed by atoms with Crippen molar-refractivity contribution >= 4 is 23.4 Å². The van der Waals surface area contributed by atoms with E-state index in [4.69, 9.17) is 16.3 Å². The second-order valence-electron chi connectivity index (χ2n) is 6.26. The van der Waals surface area contributed by atoms with Gasteiger partial charge in [-0.15, -0.1) is 0 Å². The van der Waals surface area contributed by atoms with E-state index in [2.05, 4.69) is 16.2 Å². The number of halogens is 1. The van der Waals surface area contributed by atoms with E-state index in [9.17, 15) is 9.59 Å². The average Bonchev–Trinajstić information content (AvgIpc) is 2.58. The van der Waals surface area contributed by atoms with Crippen LogP contribution >= 0.6 is 11.6 Å². The fourth-order valence-corrected chi connectivity index (χ4v) is 2.92. The first-order valence-corrected chi connectivity index (χ1v) is 9.21. The average molecular weight is 368 g/mol. The van der Waals surface area contributed by atoms with E-state index < -0.39 is 5.91 Å². The molecule has 1 fully saturated rings. The van der Waals surface area contributed by atoms with Crippen molar-refractivity contribution < 1.29 is 14.3 Å². The van der Waals surface area contributed by atoms with Crippen LogP contribution < -0.4 is 20.9 Å². The lowest BCUT2D eigenvalue weighted by molar-refractivity contribution is -0.129. The predicted octanol–water partition coefficient (Wildman–Crippen LogP) is 2.57. The highest BCUT2D eigenvalue weighted by molar-refractivity contribution is 6.30. The molecule has 0 heterocycles. The number of hydrazine groups is 1. The van der Waals surface area contributed by atoms with E-state index in [1.807, 2.05) is 0 Å². The molecule has 1 aromatic rings. The molecule has 0 atom stereocenters. The number of rotatable bonds is 6. The van der Waals surface area contributed by atoms with Gasteiger partial charge < -0.3 is 10.1 Å². The SMILES string of the molecule is O=C(CNC1CCCCCCC1)NNC(=O)COc1ccc(Cl)cc1. The van der Waals surface area contributed by atoms with Gasteiger partial charge in [-0.2, -0.15) is 0 Å². The molecular weight excluding hydrogens is 342 g/mol. The third kappa shape index (κ3) is 8.23. The van der Waals surface area contributed by atoms with Gasteiger partial charge in [0.15, 0.2) is 6.61 Å². The first-order valence-electron chi connectivity index (χ1n) is 8.83. The van der Waals surface area contributed by atoms with Gasteiger partial charge in [-0.05, 0) is 37.1 Å². The number of ether oxygens (including phenoxy) is 1. The van der Waals surface area contributed by atoms with E-state index in [1.165, 1.54) is 32.1 Å². The quantitative estimate of drug-likeness (QED) is 0.675. The van der Waals surface area contributed by atoms with Crippen LogP contribution in [0.25, 0.3) is 0 Å². The van der Waals surface area contributed by atoms with Crippen LogP contribution in [-0.4, -0.2) is 31.0 Å². The third-order valence-corrected chi connectivity index (χ3v) is 4.43. The molecule has 1 saturated carbocycles. The molecule has 25 heavy (non-hydrogen) atoms. The summed E-state index contributed by atoms with van der Waals surface area (Å²) in [5.41, 5.74) is 4.74. The van der Waals surface area contributed by atoms with Gasteiger partial charge in [-0.3, -0.25) is 20.4 Å². The summed E-state index contributed by atoms with van der Waals surface area (Å²) in [7, 11) is 0. The monoisotopic (exact) mass is 367 g/mol. The van der Waals surface area contributed by atoms with Gasteiger partial charge in [0.2, 0.25) is 0 Å². The van der Waals surface area contributed by atoms with Crippen LogP contribution in [0.15, 0.2) is 24.3 Å². The normalized spacial score (nSPS) is 15.7. The Balaban J connectivity index is 1.58. The highest BCUT2D eigenvalue weighted by Gasteiger charge is 2.12. The van der Waals surface area contributed by atoms with Crippen LogP contribution in [-0.2, 0) is 9.59 Å². The molecular formula is C18H26ClN3O3. The van der Waals surface area contributed by atoms with Crippen LogP contribution in [0, 0.1) is 0 Å². The standard InChI is InChI=1S/C18H26ClN3O3/c19-14-8-10-16(11-9-14)25-13-18(24)22-21-17(23)12-20-15-6-4-2-1-3-5-7-15/h8-11,15,20H,1-7,12-13H2,(H,21,23)(H,22,24). The van der Waals surface area contributed by atoms with Crippen molar-refractivity contribution in [3.63, 3.8) is 0 Å². The highest BCUT2D eigenvalue weighted by atomic mass is 35.5. The Morgan fingerprint density at radius 2 is 1.56 bits per heavy atom. The van der Waals surface area contributed by atoms with E-state index in [0.29, 0.717) is 16.8 Å². The summed E-state index contributed by atoms with van der Waals surface area (Å²) in [5, 5.41) is 3.87. The summed E-state index contributed by atoms with van der Waals surface area (Å²) >= 11 is 5.77. The lowest BCUT2D eigenvalue weighted by Gasteiger charge is -2.20. The number of carbonyl (C=O) groups is 2. The van der Waals surface area contributed by atoms with Crippen molar-refractivity contribution in [3.8, 4) is 5.75 Å². The molecule has 1 aliphatic rings. The lowest BCUT2D eigenvalue weighted by Crippen LogP contribution is -2.48. The fourth-order valence-electron chi connectivity index (χ4n) is 2.80. The van der Waals surface area contributed by atoms with E-state index >= 15 is 0 Å². The molecule has 0 spiro atoms. The lowest BCUT2D eigenvalue weighted by atomic mass is 9.97. The third-order valence-electron chi connectivity index (χ3n) is 4.18. The maximum atomic E-state index is 11.8.